The van der Waals surface area contributed by atoms with E-state index in [0.29, 0.717) is 13.0 Å². The molecule has 0 spiro atoms. The molecule has 0 aliphatic heterocycles. The standard InChI is InChI=1S/C19H20O3/c1-14-3-5-16(6-4-14)11-12-22-19(21)10-8-17-7-9-18(20)15(2)13-17/h3-10,13,20H,11-12H2,1-2H3/b10-8+. The highest BCUT2D eigenvalue weighted by Crippen LogP contribution is 2.17. The van der Waals surface area contributed by atoms with Crippen LogP contribution in [-0.2, 0) is 16.0 Å². The second-order valence-corrected chi connectivity index (χ2v) is 5.28. The van der Waals surface area contributed by atoms with E-state index in [1.807, 2.05) is 44.2 Å². The van der Waals surface area contributed by atoms with Crippen LogP contribution in [0, 0.1) is 13.8 Å². The molecule has 0 aliphatic carbocycles. The van der Waals surface area contributed by atoms with Crippen LogP contribution in [0.5, 0.6) is 5.75 Å². The summed E-state index contributed by atoms with van der Waals surface area (Å²) in [7, 11) is 0. The van der Waals surface area contributed by atoms with Crippen molar-refractivity contribution >= 4 is 12.0 Å². The molecule has 0 saturated heterocycles. The normalized spacial score (nSPS) is 10.8. The molecule has 22 heavy (non-hydrogen) atoms. The molecule has 0 fully saturated rings. The molecule has 114 valence electrons. The van der Waals surface area contributed by atoms with Crippen LogP contribution < -0.4 is 0 Å². The summed E-state index contributed by atoms with van der Waals surface area (Å²) in [6.45, 7) is 4.22. The SMILES string of the molecule is Cc1ccc(CCOC(=O)/C=C/c2ccc(O)c(C)c2)cc1. The van der Waals surface area contributed by atoms with Crippen LogP contribution >= 0.6 is 0 Å². The van der Waals surface area contributed by atoms with Gasteiger partial charge in [0.2, 0.25) is 0 Å². The molecule has 3 nitrogen and oxygen atoms in total. The van der Waals surface area contributed by atoms with Gasteiger partial charge in [0.25, 0.3) is 0 Å². The van der Waals surface area contributed by atoms with Crippen LogP contribution in [-0.4, -0.2) is 17.7 Å². The van der Waals surface area contributed by atoms with Crippen molar-refractivity contribution in [2.45, 2.75) is 20.3 Å². The fraction of sp³-hybridized carbons (Fsp3) is 0.211. The van der Waals surface area contributed by atoms with Crippen molar-refractivity contribution in [1.82, 2.24) is 0 Å². The molecule has 0 bridgehead atoms. The molecule has 0 heterocycles. The van der Waals surface area contributed by atoms with E-state index in [1.54, 1.807) is 18.2 Å². The Labute approximate surface area is 130 Å². The Bertz CT molecular complexity index is 670. The van der Waals surface area contributed by atoms with Gasteiger partial charge in [0, 0.05) is 12.5 Å². The van der Waals surface area contributed by atoms with Crippen molar-refractivity contribution in [1.29, 1.82) is 0 Å². The molecule has 0 saturated carbocycles. The van der Waals surface area contributed by atoms with E-state index < -0.39 is 0 Å². The average molecular weight is 296 g/mol. The van der Waals surface area contributed by atoms with Gasteiger partial charge in [-0.2, -0.15) is 0 Å². The van der Waals surface area contributed by atoms with Crippen molar-refractivity contribution < 1.29 is 14.6 Å². The van der Waals surface area contributed by atoms with E-state index in [2.05, 4.69) is 0 Å². The third-order valence-corrected chi connectivity index (χ3v) is 3.39. The van der Waals surface area contributed by atoms with Crippen molar-refractivity contribution in [2.75, 3.05) is 6.61 Å². The van der Waals surface area contributed by atoms with Gasteiger partial charge in [-0.15, -0.1) is 0 Å². The lowest BCUT2D eigenvalue weighted by molar-refractivity contribution is -0.137. The first-order valence-corrected chi connectivity index (χ1v) is 7.24. The van der Waals surface area contributed by atoms with Crippen molar-refractivity contribution in [2.24, 2.45) is 0 Å². The van der Waals surface area contributed by atoms with E-state index in [1.165, 1.54) is 11.6 Å². The summed E-state index contributed by atoms with van der Waals surface area (Å²) in [6, 6.07) is 13.3. The molecule has 2 rings (SSSR count). The zero-order chi connectivity index (χ0) is 15.9. The third kappa shape index (κ3) is 4.77. The molecule has 0 radical (unpaired) electrons. The molecule has 0 unspecified atom stereocenters. The second-order valence-electron chi connectivity index (χ2n) is 5.28. The molecule has 2 aromatic rings. The van der Waals surface area contributed by atoms with Crippen molar-refractivity contribution in [3.63, 3.8) is 0 Å². The van der Waals surface area contributed by atoms with Gasteiger partial charge in [-0.3, -0.25) is 0 Å². The van der Waals surface area contributed by atoms with E-state index >= 15 is 0 Å². The maximum absolute atomic E-state index is 11.7. The molecule has 0 atom stereocenters. The van der Waals surface area contributed by atoms with Gasteiger partial charge in [-0.1, -0.05) is 35.9 Å². The molecular formula is C19H20O3. The van der Waals surface area contributed by atoms with Crippen LogP contribution in [0.15, 0.2) is 48.5 Å². The maximum Gasteiger partial charge on any atom is 0.330 e. The van der Waals surface area contributed by atoms with E-state index in [9.17, 15) is 9.90 Å². The van der Waals surface area contributed by atoms with E-state index in [4.69, 9.17) is 4.74 Å². The number of hydrogen-bond donors (Lipinski definition) is 1. The summed E-state index contributed by atoms with van der Waals surface area (Å²) in [5.74, 6) is -0.115. The Hall–Kier alpha value is -2.55. The molecule has 2 aromatic carbocycles. The molecule has 3 heteroatoms. The van der Waals surface area contributed by atoms with E-state index in [-0.39, 0.29) is 11.7 Å². The van der Waals surface area contributed by atoms with Gasteiger partial charge in [-0.25, -0.2) is 4.79 Å². The molecule has 1 N–H and O–H groups in total. The number of esters is 1. The predicted molar refractivity (Wildman–Crippen MR) is 87.7 cm³/mol. The summed E-state index contributed by atoms with van der Waals surface area (Å²) >= 11 is 0. The van der Waals surface area contributed by atoms with Crippen LogP contribution in [0.2, 0.25) is 0 Å². The molecule has 0 amide bonds. The fourth-order valence-electron chi connectivity index (χ4n) is 2.02. The lowest BCUT2D eigenvalue weighted by Gasteiger charge is -2.03. The highest BCUT2D eigenvalue weighted by Gasteiger charge is 2.00. The number of rotatable bonds is 5. The monoisotopic (exact) mass is 296 g/mol. The Morgan fingerprint density at radius 1 is 1.14 bits per heavy atom. The number of phenolic OH excluding ortho intramolecular Hbond substituents is 1. The Morgan fingerprint density at radius 3 is 2.55 bits per heavy atom. The zero-order valence-electron chi connectivity index (χ0n) is 12.9. The lowest BCUT2D eigenvalue weighted by Crippen LogP contribution is -2.04. The summed E-state index contributed by atoms with van der Waals surface area (Å²) in [4.78, 5) is 11.7. The number of aryl methyl sites for hydroxylation is 2. The van der Waals surface area contributed by atoms with Gasteiger partial charge in [0.1, 0.15) is 5.75 Å². The van der Waals surface area contributed by atoms with Gasteiger partial charge in [0.15, 0.2) is 0 Å². The quantitative estimate of drug-likeness (QED) is 0.674. The fourth-order valence-corrected chi connectivity index (χ4v) is 2.02. The minimum Gasteiger partial charge on any atom is -0.508 e. The highest BCUT2D eigenvalue weighted by atomic mass is 16.5. The largest absolute Gasteiger partial charge is 0.508 e. The zero-order valence-corrected chi connectivity index (χ0v) is 12.9. The molecule has 0 aliphatic rings. The maximum atomic E-state index is 11.7. The average Bonchev–Trinajstić information content (AvgIpc) is 2.50. The third-order valence-electron chi connectivity index (χ3n) is 3.39. The number of ether oxygens (including phenoxy) is 1. The minimum absolute atomic E-state index is 0.248. The number of carbonyl (C=O) groups excluding carboxylic acids is 1. The highest BCUT2D eigenvalue weighted by molar-refractivity contribution is 5.87. The minimum atomic E-state index is -0.363. The van der Waals surface area contributed by atoms with Crippen LogP contribution in [0.3, 0.4) is 0 Å². The second kappa shape index (κ2) is 7.46. The van der Waals surface area contributed by atoms with Crippen LogP contribution in [0.4, 0.5) is 0 Å². The number of phenols is 1. The molecular weight excluding hydrogens is 276 g/mol. The topological polar surface area (TPSA) is 46.5 Å². The first-order chi connectivity index (χ1) is 10.5. The Kier molecular flexibility index (Phi) is 5.37. The summed E-state index contributed by atoms with van der Waals surface area (Å²) in [5.41, 5.74) is 3.99. The van der Waals surface area contributed by atoms with Crippen molar-refractivity contribution in [3.05, 3.63) is 70.8 Å². The predicted octanol–water partition coefficient (Wildman–Crippen LogP) is 3.81. The Balaban J connectivity index is 1.81. The molecule has 0 aromatic heterocycles. The van der Waals surface area contributed by atoms with Gasteiger partial charge >= 0.3 is 5.97 Å². The summed E-state index contributed by atoms with van der Waals surface area (Å²) in [6.07, 6.45) is 3.79. The van der Waals surface area contributed by atoms with Crippen molar-refractivity contribution in [3.8, 4) is 5.75 Å². The van der Waals surface area contributed by atoms with Gasteiger partial charge < -0.3 is 9.84 Å². The first-order valence-electron chi connectivity index (χ1n) is 7.24. The number of benzene rings is 2. The lowest BCUT2D eigenvalue weighted by atomic mass is 10.1. The Morgan fingerprint density at radius 2 is 1.86 bits per heavy atom. The van der Waals surface area contributed by atoms with Crippen LogP contribution in [0.25, 0.3) is 6.08 Å². The van der Waals surface area contributed by atoms with E-state index in [0.717, 1.165) is 16.7 Å². The smallest absolute Gasteiger partial charge is 0.330 e. The first kappa shape index (κ1) is 15.8. The number of hydrogen-bond acceptors (Lipinski definition) is 3. The summed E-state index contributed by atoms with van der Waals surface area (Å²) < 4.78 is 5.18. The number of aromatic hydroxyl groups is 1. The number of carbonyl (C=O) groups is 1. The van der Waals surface area contributed by atoms with Crippen LogP contribution in [0.1, 0.15) is 22.3 Å². The summed E-state index contributed by atoms with van der Waals surface area (Å²) in [5, 5.41) is 9.45. The van der Waals surface area contributed by atoms with Gasteiger partial charge in [0.05, 0.1) is 6.61 Å². The van der Waals surface area contributed by atoms with Gasteiger partial charge in [-0.05, 0) is 48.7 Å².